The van der Waals surface area contributed by atoms with E-state index in [2.05, 4.69) is 11.6 Å². The van der Waals surface area contributed by atoms with Crippen LogP contribution in [0.3, 0.4) is 0 Å². The van der Waals surface area contributed by atoms with Gasteiger partial charge in [-0.2, -0.15) is 0 Å². The van der Waals surface area contributed by atoms with Gasteiger partial charge in [-0.05, 0) is 30.0 Å². The Morgan fingerprint density at radius 2 is 2.00 bits per heavy atom. The van der Waals surface area contributed by atoms with Gasteiger partial charge in [-0.25, -0.2) is 0 Å². The van der Waals surface area contributed by atoms with Crippen molar-refractivity contribution < 1.29 is 4.84 Å². The number of hydrogen-bond donors (Lipinski definition) is 1. The molecule has 0 bridgehead atoms. The summed E-state index contributed by atoms with van der Waals surface area (Å²) in [6.45, 7) is 0. The molecule has 98 valence electrons. The maximum atomic E-state index is 5.90. The molecule has 0 spiro atoms. The minimum absolute atomic E-state index is 0.756. The average Bonchev–Trinajstić information content (AvgIpc) is 2.89. The van der Waals surface area contributed by atoms with Crippen LogP contribution in [0, 0.1) is 5.92 Å². The largest absolute Gasteiger partial charge is 0.279 e. The molecule has 0 heterocycles. The van der Waals surface area contributed by atoms with Gasteiger partial charge in [0.15, 0.2) is 0 Å². The number of hydroxylamine groups is 1. The first-order chi connectivity index (χ1) is 8.79. The molecule has 0 aromatic heterocycles. The number of rotatable bonds is 5. The van der Waals surface area contributed by atoms with Crippen LogP contribution in [-0.2, 0) is 4.84 Å². The second-order valence-corrected chi connectivity index (χ2v) is 5.25. The van der Waals surface area contributed by atoms with Gasteiger partial charge in [-0.15, -0.1) is 0 Å². The molecule has 0 amide bonds. The van der Waals surface area contributed by atoms with Crippen molar-refractivity contribution in [2.45, 2.75) is 32.1 Å². The molecule has 1 N–H and O–H groups in total. The molecule has 1 saturated carbocycles. The summed E-state index contributed by atoms with van der Waals surface area (Å²) in [6, 6.07) is 7.82. The van der Waals surface area contributed by atoms with E-state index in [0.29, 0.717) is 0 Å². The predicted molar refractivity (Wildman–Crippen MR) is 76.1 cm³/mol. The predicted octanol–water partition coefficient (Wildman–Crippen LogP) is 4.41. The fraction of sp³-hybridized carbons (Fsp3) is 0.467. The summed E-state index contributed by atoms with van der Waals surface area (Å²) in [5, 5.41) is 0.756. The molecule has 1 aliphatic carbocycles. The maximum absolute atomic E-state index is 5.90. The lowest BCUT2D eigenvalue weighted by molar-refractivity contribution is 0.136. The normalized spacial score (nSPS) is 17.1. The molecule has 2 rings (SSSR count). The summed E-state index contributed by atoms with van der Waals surface area (Å²) in [4.78, 5) is 5.05. The second kappa shape index (κ2) is 6.81. The van der Waals surface area contributed by atoms with E-state index in [-0.39, 0.29) is 0 Å². The Labute approximate surface area is 114 Å². The molecular formula is C15H20ClNO. The molecule has 0 atom stereocenters. The van der Waals surface area contributed by atoms with Gasteiger partial charge in [0.1, 0.15) is 0 Å². The van der Waals surface area contributed by atoms with Gasteiger partial charge >= 0.3 is 0 Å². The molecule has 18 heavy (non-hydrogen) atoms. The molecule has 1 aromatic rings. The van der Waals surface area contributed by atoms with E-state index in [9.17, 15) is 0 Å². The zero-order valence-corrected chi connectivity index (χ0v) is 11.5. The lowest BCUT2D eigenvalue weighted by Crippen LogP contribution is -2.10. The number of hydrogen-bond acceptors (Lipinski definition) is 2. The van der Waals surface area contributed by atoms with E-state index < -0.39 is 0 Å². The quantitative estimate of drug-likeness (QED) is 0.796. The van der Waals surface area contributed by atoms with Crippen LogP contribution < -0.4 is 5.48 Å². The minimum atomic E-state index is 0.756. The zero-order chi connectivity index (χ0) is 12.8. The fourth-order valence-corrected chi connectivity index (χ4v) is 2.61. The Hall–Kier alpha value is -0.990. The van der Waals surface area contributed by atoms with Crippen molar-refractivity contribution in [1.29, 1.82) is 0 Å². The first-order valence-corrected chi connectivity index (χ1v) is 6.92. The van der Waals surface area contributed by atoms with E-state index in [1.54, 1.807) is 7.11 Å². The molecule has 3 heteroatoms. The maximum Gasteiger partial charge on any atom is 0.0637 e. The van der Waals surface area contributed by atoms with Crippen molar-refractivity contribution in [3.8, 4) is 0 Å². The fourth-order valence-electron chi connectivity index (χ4n) is 2.49. The molecule has 1 aromatic carbocycles. The molecular weight excluding hydrogens is 246 g/mol. The third-order valence-corrected chi connectivity index (χ3v) is 3.75. The molecule has 2 nitrogen and oxygen atoms in total. The highest BCUT2D eigenvalue weighted by molar-refractivity contribution is 6.30. The average molecular weight is 266 g/mol. The number of nitrogens with one attached hydrogen (secondary N) is 1. The first-order valence-electron chi connectivity index (χ1n) is 6.54. The summed E-state index contributed by atoms with van der Waals surface area (Å²) in [5.41, 5.74) is 5.10. The van der Waals surface area contributed by atoms with Crippen molar-refractivity contribution in [1.82, 2.24) is 5.48 Å². The van der Waals surface area contributed by atoms with E-state index in [0.717, 1.165) is 28.6 Å². The van der Waals surface area contributed by atoms with Crippen molar-refractivity contribution in [3.05, 3.63) is 40.9 Å². The van der Waals surface area contributed by atoms with Gasteiger partial charge in [0, 0.05) is 5.02 Å². The van der Waals surface area contributed by atoms with Crippen molar-refractivity contribution in [2.75, 3.05) is 7.11 Å². The highest BCUT2D eigenvalue weighted by Crippen LogP contribution is 2.29. The van der Waals surface area contributed by atoms with Crippen LogP contribution >= 0.6 is 11.6 Å². The van der Waals surface area contributed by atoms with Gasteiger partial charge in [0.2, 0.25) is 0 Å². The Kier molecular flexibility index (Phi) is 5.09. The topological polar surface area (TPSA) is 21.3 Å². The SMILES string of the molecule is CONC(=CCC1CCCC1)c1ccc(Cl)cc1. The van der Waals surface area contributed by atoms with E-state index in [4.69, 9.17) is 16.4 Å². The Bertz CT molecular complexity index is 393. The lowest BCUT2D eigenvalue weighted by atomic mass is 10.0. The van der Waals surface area contributed by atoms with Crippen molar-refractivity contribution >= 4 is 17.3 Å². The monoisotopic (exact) mass is 265 g/mol. The summed E-state index contributed by atoms with van der Waals surface area (Å²) in [5.74, 6) is 0.839. The Morgan fingerprint density at radius 3 is 2.61 bits per heavy atom. The van der Waals surface area contributed by atoms with Crippen LogP contribution in [0.2, 0.25) is 5.02 Å². The standard InChI is InChI=1S/C15H20ClNO/c1-18-17-15(11-6-12-4-2-3-5-12)13-7-9-14(16)10-8-13/h7-12,17H,2-6H2,1H3. The van der Waals surface area contributed by atoms with Crippen LogP contribution in [0.25, 0.3) is 5.70 Å². The number of allylic oxidation sites excluding steroid dienone is 1. The van der Waals surface area contributed by atoms with Crippen LogP contribution in [0.4, 0.5) is 0 Å². The van der Waals surface area contributed by atoms with E-state index in [1.807, 2.05) is 24.3 Å². The van der Waals surface area contributed by atoms with E-state index in [1.165, 1.54) is 25.7 Å². The van der Waals surface area contributed by atoms with Gasteiger partial charge in [-0.3, -0.25) is 10.3 Å². The number of benzene rings is 1. The molecule has 0 saturated heterocycles. The zero-order valence-electron chi connectivity index (χ0n) is 10.8. The molecule has 1 aliphatic rings. The third kappa shape index (κ3) is 3.76. The molecule has 0 radical (unpaired) electrons. The molecule has 0 unspecified atom stereocenters. The van der Waals surface area contributed by atoms with Crippen LogP contribution in [0.1, 0.15) is 37.7 Å². The van der Waals surface area contributed by atoms with Gasteiger partial charge in [-0.1, -0.05) is 55.5 Å². The Morgan fingerprint density at radius 1 is 1.33 bits per heavy atom. The van der Waals surface area contributed by atoms with Crippen molar-refractivity contribution in [3.63, 3.8) is 0 Å². The highest BCUT2D eigenvalue weighted by Gasteiger charge is 2.14. The minimum Gasteiger partial charge on any atom is -0.279 e. The second-order valence-electron chi connectivity index (χ2n) is 4.82. The summed E-state index contributed by atoms with van der Waals surface area (Å²) in [7, 11) is 1.64. The smallest absolute Gasteiger partial charge is 0.0637 e. The van der Waals surface area contributed by atoms with Crippen LogP contribution in [-0.4, -0.2) is 7.11 Å². The van der Waals surface area contributed by atoms with Crippen LogP contribution in [0.15, 0.2) is 30.3 Å². The van der Waals surface area contributed by atoms with Crippen LogP contribution in [0.5, 0.6) is 0 Å². The molecule has 0 aliphatic heterocycles. The van der Waals surface area contributed by atoms with E-state index >= 15 is 0 Å². The van der Waals surface area contributed by atoms with Gasteiger partial charge in [0.25, 0.3) is 0 Å². The summed E-state index contributed by atoms with van der Waals surface area (Å²) < 4.78 is 0. The summed E-state index contributed by atoms with van der Waals surface area (Å²) >= 11 is 5.90. The van der Waals surface area contributed by atoms with Gasteiger partial charge < -0.3 is 0 Å². The number of halogens is 1. The highest BCUT2D eigenvalue weighted by atomic mass is 35.5. The van der Waals surface area contributed by atoms with Gasteiger partial charge in [0.05, 0.1) is 12.8 Å². The lowest BCUT2D eigenvalue weighted by Gasteiger charge is -2.11. The summed E-state index contributed by atoms with van der Waals surface area (Å²) in [6.07, 6.45) is 8.84. The van der Waals surface area contributed by atoms with Crippen molar-refractivity contribution in [2.24, 2.45) is 5.92 Å². The first kappa shape index (κ1) is 13.4. The third-order valence-electron chi connectivity index (χ3n) is 3.50. The molecule has 1 fully saturated rings. The Balaban J connectivity index is 2.06.